The molecule has 2 heterocycles. The first-order valence-electron chi connectivity index (χ1n) is 19.2. The van der Waals surface area contributed by atoms with Crippen LogP contribution in [0, 0.1) is 0 Å². The van der Waals surface area contributed by atoms with E-state index in [9.17, 15) is 56.4 Å². The van der Waals surface area contributed by atoms with E-state index in [0.717, 1.165) is 68.9 Å². The third kappa shape index (κ3) is 12.9. The zero-order valence-corrected chi connectivity index (χ0v) is 32.1. The number of hydrogen-bond acceptors (Lipinski definition) is 10. The molecule has 0 radical (unpaired) electrons. The second-order valence-corrected chi connectivity index (χ2v) is 14.3. The highest BCUT2D eigenvalue weighted by atomic mass is 19.4. The summed E-state index contributed by atoms with van der Waals surface area (Å²) >= 11 is 0. The fourth-order valence-corrected chi connectivity index (χ4v) is 7.02. The van der Waals surface area contributed by atoms with Gasteiger partial charge in [0.1, 0.15) is 30.5 Å². The number of rotatable bonds is 17. The van der Waals surface area contributed by atoms with Gasteiger partial charge in [0.2, 0.25) is 0 Å². The molecule has 0 aromatic heterocycles. The van der Waals surface area contributed by atoms with Crippen LogP contribution in [-0.4, -0.2) is 125 Å². The fraction of sp³-hybridized carbons (Fsp3) is 0.632. The van der Waals surface area contributed by atoms with Crippen molar-refractivity contribution in [3.05, 3.63) is 59.7 Å². The number of nitrogens with zero attached hydrogens (tertiary/aromatic N) is 1. The number of benzene rings is 2. The van der Waals surface area contributed by atoms with Gasteiger partial charge in [-0.1, -0.05) is 51.7 Å². The Morgan fingerprint density at radius 2 is 1.29 bits per heavy atom. The number of amides is 4. The van der Waals surface area contributed by atoms with Crippen molar-refractivity contribution in [1.82, 2.24) is 15.5 Å². The summed E-state index contributed by atoms with van der Waals surface area (Å²) in [6, 6.07) is 2.02. The number of nitrogens with one attached hydrogen (secondary N) is 4. The van der Waals surface area contributed by atoms with Crippen LogP contribution in [0.5, 0.6) is 0 Å². The maximum Gasteiger partial charge on any atom is 0.416 e. The highest BCUT2D eigenvalue weighted by Gasteiger charge is 2.51. The van der Waals surface area contributed by atoms with Gasteiger partial charge >= 0.3 is 24.4 Å². The summed E-state index contributed by atoms with van der Waals surface area (Å²) in [6.07, 6.45) is -13.5. The molecule has 0 saturated carbocycles. The molecule has 14 nitrogen and oxygen atoms in total. The molecule has 8 N–H and O–H groups in total. The van der Waals surface area contributed by atoms with Crippen molar-refractivity contribution in [3.8, 4) is 0 Å². The van der Waals surface area contributed by atoms with Crippen LogP contribution in [0.4, 0.5) is 47.3 Å². The van der Waals surface area contributed by atoms with Gasteiger partial charge < -0.3 is 55.9 Å². The molecular weight excluding hydrogens is 784 g/mol. The largest absolute Gasteiger partial charge is 0.416 e. The minimum atomic E-state index is -4.72. The number of unbranched alkanes of at least 4 members (excludes halogenated alkanes) is 4. The lowest BCUT2D eigenvalue weighted by atomic mass is 9.92. The molecule has 2 aliphatic rings. The van der Waals surface area contributed by atoms with E-state index in [1.807, 2.05) is 18.7 Å². The van der Waals surface area contributed by atoms with Gasteiger partial charge in [0.15, 0.2) is 6.29 Å². The molecule has 2 aliphatic heterocycles. The second kappa shape index (κ2) is 21.5. The van der Waals surface area contributed by atoms with Gasteiger partial charge in [0, 0.05) is 11.4 Å². The second-order valence-electron chi connectivity index (χ2n) is 14.3. The summed E-state index contributed by atoms with van der Waals surface area (Å²) in [5, 5.41) is 52.5. The van der Waals surface area contributed by atoms with Crippen molar-refractivity contribution in [1.29, 1.82) is 0 Å². The van der Waals surface area contributed by atoms with E-state index in [0.29, 0.717) is 19.2 Å². The Balaban J connectivity index is 1.70. The van der Waals surface area contributed by atoms with E-state index in [1.165, 1.54) is 12.1 Å². The Bertz CT molecular complexity index is 1600. The summed E-state index contributed by atoms with van der Waals surface area (Å²) in [7, 11) is 0. The number of anilines is 2. The van der Waals surface area contributed by atoms with E-state index >= 15 is 0 Å². The minimum Gasteiger partial charge on any atom is -0.394 e. The van der Waals surface area contributed by atoms with Gasteiger partial charge in [-0.05, 0) is 62.3 Å². The number of carbonyl (C=O) groups excluding carboxylic acids is 2. The van der Waals surface area contributed by atoms with Crippen LogP contribution in [0.2, 0.25) is 0 Å². The molecule has 0 aliphatic carbocycles. The smallest absolute Gasteiger partial charge is 0.394 e. The summed E-state index contributed by atoms with van der Waals surface area (Å²) in [6.45, 7) is 3.37. The molecular formula is C38H53F6N5O9. The van der Waals surface area contributed by atoms with Gasteiger partial charge in [-0.25, -0.2) is 9.59 Å². The molecule has 58 heavy (non-hydrogen) atoms. The molecule has 2 saturated heterocycles. The summed E-state index contributed by atoms with van der Waals surface area (Å²) in [5.74, 6) is 0. The molecule has 0 bridgehead atoms. The SMILES string of the molecule is CCCCCN(CCCCC)[C@@H]1[C@H](O[C@@H]2O[C@H](CO)[C@@H](O)[C@H](O)[C@H]2NC(=O)Nc2cccc(C(F)(F)F)c2)[C@@H](NC(=O)Nc2cccc(C(F)(F)F)c2)CO[C@@H]1CO. The zero-order chi connectivity index (χ0) is 42.6. The predicted molar refractivity (Wildman–Crippen MR) is 199 cm³/mol. The highest BCUT2D eigenvalue weighted by molar-refractivity contribution is 5.90. The fourth-order valence-electron chi connectivity index (χ4n) is 7.02. The van der Waals surface area contributed by atoms with Crippen LogP contribution in [0.25, 0.3) is 0 Å². The van der Waals surface area contributed by atoms with E-state index < -0.39 is 104 Å². The predicted octanol–water partition coefficient (Wildman–Crippen LogP) is 4.67. The monoisotopic (exact) mass is 837 g/mol. The van der Waals surface area contributed by atoms with Crippen molar-refractivity contribution in [3.63, 3.8) is 0 Å². The maximum atomic E-state index is 13.4. The van der Waals surface area contributed by atoms with Crippen molar-refractivity contribution in [2.75, 3.05) is 43.5 Å². The number of carbonyl (C=O) groups is 2. The van der Waals surface area contributed by atoms with Crippen LogP contribution < -0.4 is 21.3 Å². The quantitative estimate of drug-likeness (QED) is 0.0821. The van der Waals surface area contributed by atoms with Gasteiger partial charge in [-0.15, -0.1) is 0 Å². The first-order chi connectivity index (χ1) is 27.5. The highest BCUT2D eigenvalue weighted by Crippen LogP contribution is 2.33. The summed E-state index contributed by atoms with van der Waals surface area (Å²) in [4.78, 5) is 28.7. The first kappa shape index (κ1) is 46.9. The normalized spacial score (nSPS) is 26.6. The van der Waals surface area contributed by atoms with Gasteiger partial charge in [-0.2, -0.15) is 26.3 Å². The van der Waals surface area contributed by atoms with Crippen molar-refractivity contribution < 1.29 is 70.6 Å². The van der Waals surface area contributed by atoms with Gasteiger partial charge in [0.25, 0.3) is 0 Å². The third-order valence-electron chi connectivity index (χ3n) is 9.99. The lowest BCUT2D eigenvalue weighted by Crippen LogP contribution is -2.70. The van der Waals surface area contributed by atoms with Crippen LogP contribution in [-0.2, 0) is 26.6 Å². The van der Waals surface area contributed by atoms with Crippen LogP contribution in [0.3, 0.4) is 0 Å². The Kier molecular flexibility index (Phi) is 17.4. The average Bonchev–Trinajstić information content (AvgIpc) is 3.17. The van der Waals surface area contributed by atoms with Gasteiger partial charge in [-0.3, -0.25) is 4.90 Å². The molecule has 2 aromatic carbocycles. The van der Waals surface area contributed by atoms with Crippen molar-refractivity contribution in [2.24, 2.45) is 0 Å². The first-order valence-corrected chi connectivity index (χ1v) is 19.2. The lowest BCUT2D eigenvalue weighted by molar-refractivity contribution is -0.298. The number of urea groups is 2. The number of halogens is 6. The number of aliphatic hydroxyl groups is 4. The van der Waals surface area contributed by atoms with E-state index in [-0.39, 0.29) is 18.0 Å². The van der Waals surface area contributed by atoms with E-state index in [1.54, 1.807) is 0 Å². The van der Waals surface area contributed by atoms with Crippen molar-refractivity contribution in [2.45, 2.75) is 120 Å². The molecule has 20 heteroatoms. The molecule has 4 amide bonds. The Hall–Kier alpha value is -3.76. The number of aliphatic hydroxyl groups excluding tert-OH is 4. The Morgan fingerprint density at radius 1 is 0.776 bits per heavy atom. The molecule has 4 rings (SSSR count). The summed E-state index contributed by atoms with van der Waals surface area (Å²) in [5.41, 5.74) is -2.49. The summed E-state index contributed by atoms with van der Waals surface area (Å²) < 4.78 is 98.9. The molecule has 2 fully saturated rings. The lowest BCUT2D eigenvalue weighted by Gasteiger charge is -2.50. The minimum absolute atomic E-state index is 0.179. The van der Waals surface area contributed by atoms with E-state index in [4.69, 9.17) is 14.2 Å². The number of hydrogen-bond donors (Lipinski definition) is 8. The van der Waals surface area contributed by atoms with Crippen LogP contribution >= 0.6 is 0 Å². The standard InChI is InChI=1S/C38H53F6N5O9/c1-3-5-7-15-49(16-8-6-4-2)30-27(19-50)56-21-26(47-35(54)45-24-13-9-11-22(17-24)37(39,40)41)33(30)58-34-29(32(53)31(52)28(20-51)57-34)48-36(55)46-25-14-10-12-23(18-25)38(42,43)44/h9-14,17-18,26-34,50-53H,3-8,15-16,19-21H2,1-2H3,(H2,45,47,54)(H2,46,48,55)/t26-,27+,28+,29+,30-,31+,32+,33+,34-/m0/s1. The maximum absolute atomic E-state index is 13.4. The topological polar surface area (TPSA) is 194 Å². The molecule has 0 spiro atoms. The van der Waals surface area contributed by atoms with Crippen molar-refractivity contribution >= 4 is 23.4 Å². The Labute approximate surface area is 332 Å². The molecule has 9 atom stereocenters. The molecule has 326 valence electrons. The van der Waals surface area contributed by atoms with E-state index in [2.05, 4.69) is 21.3 Å². The average molecular weight is 838 g/mol. The number of alkyl halides is 6. The van der Waals surface area contributed by atoms with Gasteiger partial charge in [0.05, 0.1) is 49.1 Å². The zero-order valence-electron chi connectivity index (χ0n) is 32.1. The van der Waals surface area contributed by atoms with Crippen LogP contribution in [0.1, 0.15) is 63.5 Å². The molecule has 2 aromatic rings. The number of ether oxygens (including phenoxy) is 3. The van der Waals surface area contributed by atoms with Crippen LogP contribution in [0.15, 0.2) is 48.5 Å². The molecule has 0 unspecified atom stereocenters. The Morgan fingerprint density at radius 3 is 1.78 bits per heavy atom. The third-order valence-corrected chi connectivity index (χ3v) is 9.99.